The van der Waals surface area contributed by atoms with Crippen LogP contribution in [0.2, 0.25) is 5.02 Å². The average Bonchev–Trinajstić information content (AvgIpc) is 2.91. The maximum absolute atomic E-state index is 12.7. The van der Waals surface area contributed by atoms with E-state index in [4.69, 9.17) is 11.6 Å². The van der Waals surface area contributed by atoms with Crippen molar-refractivity contribution >= 4 is 38.3 Å². The Kier molecular flexibility index (Phi) is 6.15. The van der Waals surface area contributed by atoms with Crippen LogP contribution in [0.1, 0.15) is 45.6 Å². The third-order valence-corrected chi connectivity index (χ3v) is 7.14. The van der Waals surface area contributed by atoms with Crippen molar-refractivity contribution in [2.75, 3.05) is 13.1 Å². The predicted molar refractivity (Wildman–Crippen MR) is 113 cm³/mol. The van der Waals surface area contributed by atoms with Gasteiger partial charge in [0.2, 0.25) is 5.91 Å². The summed E-state index contributed by atoms with van der Waals surface area (Å²) in [6.45, 7) is 7.04. The number of sulfonamides is 1. The molecule has 1 aromatic carbocycles. The van der Waals surface area contributed by atoms with Crippen molar-refractivity contribution in [3.8, 4) is 0 Å². The Bertz CT molecular complexity index is 915. The van der Waals surface area contributed by atoms with Gasteiger partial charge in [-0.25, -0.2) is 0 Å². The van der Waals surface area contributed by atoms with Gasteiger partial charge in [0.15, 0.2) is 0 Å². The Morgan fingerprint density at radius 1 is 1.29 bits per heavy atom. The highest BCUT2D eigenvalue weighted by molar-refractivity contribution is 8.00. The summed E-state index contributed by atoms with van der Waals surface area (Å²) in [6, 6.07) is 6.91. The minimum absolute atomic E-state index is 0.0381. The number of halogens is 1. The van der Waals surface area contributed by atoms with E-state index >= 15 is 0 Å². The molecule has 6 nitrogen and oxygen atoms in total. The molecule has 152 valence electrons. The molecule has 0 unspecified atom stereocenters. The lowest BCUT2D eigenvalue weighted by molar-refractivity contribution is -0.126. The molecule has 0 aromatic heterocycles. The molecule has 3 rings (SSSR count). The third-order valence-electron chi connectivity index (χ3n) is 5.41. The Hall–Kier alpha value is -1.86. The van der Waals surface area contributed by atoms with Gasteiger partial charge in [0.05, 0.1) is 0 Å². The van der Waals surface area contributed by atoms with Crippen molar-refractivity contribution < 1.29 is 13.2 Å². The van der Waals surface area contributed by atoms with Gasteiger partial charge in [-0.05, 0) is 50.8 Å². The molecule has 8 heteroatoms. The molecule has 1 aromatic rings. The molecule has 0 aliphatic carbocycles. The van der Waals surface area contributed by atoms with E-state index in [0.717, 1.165) is 6.42 Å². The minimum atomic E-state index is -3.75. The first-order valence-corrected chi connectivity index (χ1v) is 11.4. The molecule has 1 atom stereocenters. The van der Waals surface area contributed by atoms with E-state index in [-0.39, 0.29) is 22.8 Å². The van der Waals surface area contributed by atoms with Gasteiger partial charge < -0.3 is 10.2 Å². The topological polar surface area (TPSA) is 78.8 Å². The molecule has 2 aliphatic heterocycles. The molecule has 28 heavy (non-hydrogen) atoms. The van der Waals surface area contributed by atoms with Crippen LogP contribution in [0.5, 0.6) is 0 Å². The molecular formula is C20H26ClN3O3S. The van der Waals surface area contributed by atoms with Gasteiger partial charge in [-0.1, -0.05) is 30.7 Å². The smallest absolute Gasteiger partial charge is 0.285 e. The van der Waals surface area contributed by atoms with Gasteiger partial charge in [0, 0.05) is 35.6 Å². The monoisotopic (exact) mass is 423 g/mol. The zero-order valence-electron chi connectivity index (χ0n) is 16.4. The summed E-state index contributed by atoms with van der Waals surface area (Å²) in [5.74, 6) is 0.540. The van der Waals surface area contributed by atoms with Crippen LogP contribution >= 0.6 is 11.6 Å². The number of likely N-dealkylation sites (tertiary alicyclic amines) is 1. The van der Waals surface area contributed by atoms with E-state index in [1.54, 1.807) is 31.2 Å². The van der Waals surface area contributed by atoms with Gasteiger partial charge in [-0.2, -0.15) is 8.42 Å². The van der Waals surface area contributed by atoms with Gasteiger partial charge in [0.1, 0.15) is 10.7 Å². The first kappa shape index (κ1) is 20.9. The number of amides is 1. The van der Waals surface area contributed by atoms with E-state index in [2.05, 4.69) is 9.71 Å². The van der Waals surface area contributed by atoms with E-state index in [0.29, 0.717) is 47.9 Å². The Labute approximate surface area is 171 Å². The number of hydrogen-bond donors (Lipinski definition) is 1. The van der Waals surface area contributed by atoms with E-state index in [1.165, 1.54) is 0 Å². The van der Waals surface area contributed by atoms with Gasteiger partial charge in [-0.15, -0.1) is 4.40 Å². The highest BCUT2D eigenvalue weighted by atomic mass is 35.5. The second-order valence-electron chi connectivity index (χ2n) is 7.43. The van der Waals surface area contributed by atoms with Crippen molar-refractivity contribution in [1.82, 2.24) is 10.2 Å². The maximum Gasteiger partial charge on any atom is 0.285 e. The van der Waals surface area contributed by atoms with Crippen LogP contribution in [0.3, 0.4) is 0 Å². The Morgan fingerprint density at radius 2 is 1.89 bits per heavy atom. The molecular weight excluding hydrogens is 398 g/mol. The molecule has 0 spiro atoms. The molecule has 0 bridgehead atoms. The standard InChI is InChI=1S/C20H26ClN3O3S/c1-4-13(2)22-20(25)16-9-11-24(12-10-16)19-14(3)18(28(26,27)23-19)15-5-7-17(21)8-6-15/h5-8,13,16H,4,9-12H2,1-3H3,(H,22,25)/t13-/m1/s1. The molecule has 0 saturated carbocycles. The quantitative estimate of drug-likeness (QED) is 0.804. The molecule has 0 radical (unpaired) electrons. The number of carbonyl (C=O) groups is 1. The lowest BCUT2D eigenvalue weighted by Gasteiger charge is -2.33. The molecule has 1 N–H and O–H groups in total. The zero-order chi connectivity index (χ0) is 20.5. The summed E-state index contributed by atoms with van der Waals surface area (Å²) in [7, 11) is -3.75. The van der Waals surface area contributed by atoms with Crippen molar-refractivity contribution in [3.63, 3.8) is 0 Å². The predicted octanol–water partition coefficient (Wildman–Crippen LogP) is 3.44. The van der Waals surface area contributed by atoms with Crippen molar-refractivity contribution in [3.05, 3.63) is 40.4 Å². The molecule has 1 saturated heterocycles. The van der Waals surface area contributed by atoms with Crippen LogP contribution in [-0.4, -0.2) is 44.2 Å². The highest BCUT2D eigenvalue weighted by Crippen LogP contribution is 2.35. The summed E-state index contributed by atoms with van der Waals surface area (Å²) in [6.07, 6.45) is 2.27. The number of nitrogens with zero attached hydrogens (tertiary/aromatic N) is 2. The van der Waals surface area contributed by atoms with Crippen LogP contribution in [0.4, 0.5) is 0 Å². The van der Waals surface area contributed by atoms with E-state index < -0.39 is 10.0 Å². The number of amidine groups is 1. The molecule has 1 amide bonds. The van der Waals surface area contributed by atoms with Gasteiger partial charge in [-0.3, -0.25) is 4.79 Å². The van der Waals surface area contributed by atoms with Crippen molar-refractivity contribution in [1.29, 1.82) is 0 Å². The zero-order valence-corrected chi connectivity index (χ0v) is 18.0. The fourth-order valence-corrected chi connectivity index (χ4v) is 5.21. The van der Waals surface area contributed by atoms with Crippen LogP contribution < -0.4 is 5.32 Å². The van der Waals surface area contributed by atoms with Crippen LogP contribution in [-0.2, 0) is 14.8 Å². The maximum atomic E-state index is 12.7. The second kappa shape index (κ2) is 8.25. The number of hydrogen-bond acceptors (Lipinski definition) is 4. The number of nitrogens with one attached hydrogen (secondary N) is 1. The lowest BCUT2D eigenvalue weighted by Crippen LogP contribution is -2.44. The van der Waals surface area contributed by atoms with Crippen molar-refractivity contribution in [2.45, 2.75) is 46.1 Å². The fraction of sp³-hybridized carbons (Fsp3) is 0.500. The third kappa shape index (κ3) is 4.25. The average molecular weight is 424 g/mol. The highest BCUT2D eigenvalue weighted by Gasteiger charge is 2.35. The fourth-order valence-electron chi connectivity index (χ4n) is 3.60. The Balaban J connectivity index is 1.75. The van der Waals surface area contributed by atoms with E-state index in [9.17, 15) is 13.2 Å². The van der Waals surface area contributed by atoms with Crippen molar-refractivity contribution in [2.24, 2.45) is 10.3 Å². The first-order chi connectivity index (χ1) is 13.2. The summed E-state index contributed by atoms with van der Waals surface area (Å²) in [5, 5.41) is 3.59. The van der Waals surface area contributed by atoms with Crippen LogP contribution in [0.15, 0.2) is 34.2 Å². The van der Waals surface area contributed by atoms with E-state index in [1.807, 2.05) is 18.7 Å². The number of carbonyl (C=O) groups excluding carboxylic acids is 1. The summed E-state index contributed by atoms with van der Waals surface area (Å²) >= 11 is 5.92. The molecule has 2 aliphatic rings. The largest absolute Gasteiger partial charge is 0.356 e. The second-order valence-corrected chi connectivity index (χ2v) is 9.41. The summed E-state index contributed by atoms with van der Waals surface area (Å²) in [5.41, 5.74) is 1.23. The minimum Gasteiger partial charge on any atom is -0.356 e. The SMILES string of the molecule is CC[C@@H](C)NC(=O)C1CCN(C2=NS(=O)(=O)C(c3ccc(Cl)cc3)=C2C)CC1. The normalized spacial score (nSPS) is 20.9. The summed E-state index contributed by atoms with van der Waals surface area (Å²) in [4.78, 5) is 14.6. The number of rotatable bonds is 4. The Morgan fingerprint density at radius 3 is 2.46 bits per heavy atom. The van der Waals surface area contributed by atoms with Gasteiger partial charge >= 0.3 is 0 Å². The lowest BCUT2D eigenvalue weighted by atomic mass is 9.95. The number of benzene rings is 1. The van der Waals surface area contributed by atoms with Gasteiger partial charge in [0.25, 0.3) is 10.0 Å². The summed E-state index contributed by atoms with van der Waals surface area (Å²) < 4.78 is 29.4. The first-order valence-electron chi connectivity index (χ1n) is 9.60. The molecule has 2 heterocycles. The van der Waals surface area contributed by atoms with Crippen LogP contribution in [0.25, 0.3) is 4.91 Å². The van der Waals surface area contributed by atoms with Crippen LogP contribution in [0, 0.1) is 5.92 Å². The number of piperidine rings is 1. The molecule has 1 fully saturated rings.